The van der Waals surface area contributed by atoms with Crippen molar-refractivity contribution in [3.05, 3.63) is 58.3 Å². The number of benzene rings is 2. The van der Waals surface area contributed by atoms with Crippen molar-refractivity contribution < 1.29 is 13.2 Å². The molecule has 0 fully saturated rings. The van der Waals surface area contributed by atoms with Crippen LogP contribution in [0.15, 0.2) is 51.8 Å². The first-order chi connectivity index (χ1) is 11.8. The maximum Gasteiger partial charge on any atom is 0.265 e. The lowest BCUT2D eigenvalue weighted by molar-refractivity contribution is 0.0981. The summed E-state index contributed by atoms with van der Waals surface area (Å²) >= 11 is 3.19. The lowest BCUT2D eigenvalue weighted by atomic mass is 10.2. The van der Waals surface area contributed by atoms with E-state index in [9.17, 15) is 13.2 Å². The highest BCUT2D eigenvalue weighted by Gasteiger charge is 2.21. The monoisotopic (exact) mass is 421 g/mol. The maximum absolute atomic E-state index is 12.4. The van der Waals surface area contributed by atoms with Gasteiger partial charge < -0.3 is 4.57 Å². The average molecular weight is 422 g/mol. The minimum atomic E-state index is -3.97. The molecule has 0 unspecified atom stereocenters. The average Bonchev–Trinajstić information content (AvgIpc) is 2.88. The summed E-state index contributed by atoms with van der Waals surface area (Å²) in [6.07, 6.45) is 0. The van der Waals surface area contributed by atoms with Crippen LogP contribution < -0.4 is 4.72 Å². The standard InChI is InChI=1S/C17H16BrN3O3S/c1-3-21-11(2)19-14-10-12(8-9-15(14)21)17(22)20-25(23,24)16-7-5-4-6-13(16)18/h4-10H,3H2,1-2H3,(H,20,22). The summed E-state index contributed by atoms with van der Waals surface area (Å²) in [5.41, 5.74) is 1.80. The van der Waals surface area contributed by atoms with Gasteiger partial charge in [-0.3, -0.25) is 4.79 Å². The molecule has 1 N–H and O–H groups in total. The van der Waals surface area contributed by atoms with E-state index in [0.717, 1.165) is 17.9 Å². The van der Waals surface area contributed by atoms with Crippen molar-refractivity contribution in [2.24, 2.45) is 0 Å². The van der Waals surface area contributed by atoms with E-state index in [0.29, 0.717) is 9.99 Å². The first-order valence-electron chi connectivity index (χ1n) is 7.62. The van der Waals surface area contributed by atoms with E-state index in [1.54, 1.807) is 36.4 Å². The fourth-order valence-electron chi connectivity index (χ4n) is 2.69. The first-order valence-corrected chi connectivity index (χ1v) is 9.89. The van der Waals surface area contributed by atoms with Crippen molar-refractivity contribution in [1.29, 1.82) is 0 Å². The molecule has 0 aliphatic carbocycles. The number of carbonyl (C=O) groups is 1. The second-order valence-corrected chi connectivity index (χ2v) is 7.98. The normalized spacial score (nSPS) is 11.6. The summed E-state index contributed by atoms with van der Waals surface area (Å²) in [6.45, 7) is 4.67. The van der Waals surface area contributed by atoms with Crippen LogP contribution in [-0.4, -0.2) is 23.9 Å². The van der Waals surface area contributed by atoms with Gasteiger partial charge in [0.25, 0.3) is 15.9 Å². The molecular formula is C17H16BrN3O3S. The van der Waals surface area contributed by atoms with Crippen molar-refractivity contribution in [2.75, 3.05) is 0 Å². The molecule has 2 aromatic carbocycles. The van der Waals surface area contributed by atoms with Gasteiger partial charge in [0.15, 0.2) is 0 Å². The number of aromatic nitrogens is 2. The van der Waals surface area contributed by atoms with Gasteiger partial charge in [0.1, 0.15) is 10.7 Å². The van der Waals surface area contributed by atoms with Crippen LogP contribution in [0.5, 0.6) is 0 Å². The van der Waals surface area contributed by atoms with E-state index in [4.69, 9.17) is 0 Å². The molecule has 0 bridgehead atoms. The largest absolute Gasteiger partial charge is 0.329 e. The van der Waals surface area contributed by atoms with Crippen LogP contribution in [0.25, 0.3) is 11.0 Å². The molecule has 0 spiro atoms. The Kier molecular flexibility index (Phi) is 4.66. The van der Waals surface area contributed by atoms with Gasteiger partial charge in [-0.2, -0.15) is 0 Å². The Labute approximate surface area is 154 Å². The molecule has 1 heterocycles. The SMILES string of the molecule is CCn1c(C)nc2cc(C(=O)NS(=O)(=O)c3ccccc3Br)ccc21. The summed E-state index contributed by atoms with van der Waals surface area (Å²) in [6, 6.07) is 11.3. The van der Waals surface area contributed by atoms with Gasteiger partial charge in [-0.15, -0.1) is 0 Å². The topological polar surface area (TPSA) is 81.1 Å². The number of amides is 1. The molecule has 1 amide bonds. The number of halogens is 1. The summed E-state index contributed by atoms with van der Waals surface area (Å²) in [7, 11) is -3.97. The number of aryl methyl sites for hydroxylation is 2. The number of rotatable bonds is 4. The van der Waals surface area contributed by atoms with Crippen LogP contribution in [0.3, 0.4) is 0 Å². The van der Waals surface area contributed by atoms with Crippen molar-refractivity contribution in [1.82, 2.24) is 14.3 Å². The Morgan fingerprint density at radius 1 is 1.24 bits per heavy atom. The lowest BCUT2D eigenvalue weighted by Crippen LogP contribution is -2.30. The molecule has 0 atom stereocenters. The van der Waals surface area contributed by atoms with Gasteiger partial charge in [-0.1, -0.05) is 12.1 Å². The number of fused-ring (bicyclic) bond motifs is 1. The zero-order valence-corrected chi connectivity index (χ0v) is 16.1. The molecule has 0 radical (unpaired) electrons. The molecule has 3 aromatic rings. The summed E-state index contributed by atoms with van der Waals surface area (Å²) in [5.74, 6) is 0.150. The highest BCUT2D eigenvalue weighted by Crippen LogP contribution is 2.22. The van der Waals surface area contributed by atoms with Crippen molar-refractivity contribution >= 4 is 42.9 Å². The summed E-state index contributed by atoms with van der Waals surface area (Å²) in [5, 5.41) is 0. The smallest absolute Gasteiger partial charge is 0.265 e. The van der Waals surface area contributed by atoms with Crippen LogP contribution in [0.4, 0.5) is 0 Å². The molecule has 130 valence electrons. The van der Waals surface area contributed by atoms with Crippen LogP contribution in [-0.2, 0) is 16.6 Å². The summed E-state index contributed by atoms with van der Waals surface area (Å²) < 4.78 is 29.4. The Morgan fingerprint density at radius 3 is 2.64 bits per heavy atom. The number of hydrogen-bond acceptors (Lipinski definition) is 4. The predicted octanol–water partition coefficient (Wildman–Crippen LogP) is 3.25. The highest BCUT2D eigenvalue weighted by atomic mass is 79.9. The zero-order chi connectivity index (χ0) is 18.2. The van der Waals surface area contributed by atoms with E-state index >= 15 is 0 Å². The molecule has 0 aliphatic heterocycles. The van der Waals surface area contributed by atoms with Crippen molar-refractivity contribution in [2.45, 2.75) is 25.3 Å². The van der Waals surface area contributed by atoms with Gasteiger partial charge in [-0.05, 0) is 60.1 Å². The van der Waals surface area contributed by atoms with Gasteiger partial charge in [-0.25, -0.2) is 18.1 Å². The van der Waals surface area contributed by atoms with Crippen LogP contribution in [0.2, 0.25) is 0 Å². The van der Waals surface area contributed by atoms with Gasteiger partial charge in [0.2, 0.25) is 0 Å². The Morgan fingerprint density at radius 2 is 1.96 bits per heavy atom. The van der Waals surface area contributed by atoms with E-state index in [1.807, 2.05) is 18.4 Å². The van der Waals surface area contributed by atoms with Crippen molar-refractivity contribution in [3.63, 3.8) is 0 Å². The molecule has 0 saturated heterocycles. The Hall–Kier alpha value is -2.19. The zero-order valence-electron chi connectivity index (χ0n) is 13.7. The van der Waals surface area contributed by atoms with E-state index in [2.05, 4.69) is 25.6 Å². The van der Waals surface area contributed by atoms with Crippen LogP contribution in [0.1, 0.15) is 23.1 Å². The van der Waals surface area contributed by atoms with Crippen LogP contribution in [0, 0.1) is 6.92 Å². The van der Waals surface area contributed by atoms with E-state index < -0.39 is 15.9 Å². The quantitative estimate of drug-likeness (QED) is 0.700. The maximum atomic E-state index is 12.4. The fourth-order valence-corrected chi connectivity index (χ4v) is 4.67. The molecule has 8 heteroatoms. The number of nitrogens with one attached hydrogen (secondary N) is 1. The third-order valence-electron chi connectivity index (χ3n) is 3.87. The number of carbonyl (C=O) groups excluding carboxylic acids is 1. The summed E-state index contributed by atoms with van der Waals surface area (Å²) in [4.78, 5) is 16.8. The number of imidazole rings is 1. The molecule has 25 heavy (non-hydrogen) atoms. The van der Waals surface area contributed by atoms with Crippen LogP contribution >= 0.6 is 15.9 Å². The molecular weight excluding hydrogens is 406 g/mol. The van der Waals surface area contributed by atoms with Gasteiger partial charge >= 0.3 is 0 Å². The Bertz CT molecular complexity index is 1070. The minimum absolute atomic E-state index is 0.00975. The second kappa shape index (κ2) is 6.61. The number of nitrogens with zero attached hydrogens (tertiary/aromatic N) is 2. The second-order valence-electron chi connectivity index (χ2n) is 5.47. The van der Waals surface area contributed by atoms with Gasteiger partial charge in [0.05, 0.1) is 11.0 Å². The molecule has 1 aromatic heterocycles. The number of sulfonamides is 1. The highest BCUT2D eigenvalue weighted by molar-refractivity contribution is 9.10. The predicted molar refractivity (Wildman–Crippen MR) is 98.9 cm³/mol. The molecule has 6 nitrogen and oxygen atoms in total. The first kappa shape index (κ1) is 17.6. The fraction of sp³-hybridized carbons (Fsp3) is 0.176. The third kappa shape index (κ3) is 3.32. The molecule has 3 rings (SSSR count). The lowest BCUT2D eigenvalue weighted by Gasteiger charge is -2.08. The van der Waals surface area contributed by atoms with Crippen molar-refractivity contribution in [3.8, 4) is 0 Å². The molecule has 0 aliphatic rings. The van der Waals surface area contributed by atoms with E-state index in [-0.39, 0.29) is 10.5 Å². The number of hydrogen-bond donors (Lipinski definition) is 1. The Balaban J connectivity index is 1.94. The molecule has 0 saturated carbocycles. The van der Waals surface area contributed by atoms with E-state index in [1.165, 1.54) is 6.07 Å². The van der Waals surface area contributed by atoms with Gasteiger partial charge in [0, 0.05) is 16.6 Å². The minimum Gasteiger partial charge on any atom is -0.329 e. The third-order valence-corrected chi connectivity index (χ3v) is 6.21.